The highest BCUT2D eigenvalue weighted by Gasteiger charge is 1.95. The molecule has 80 valence electrons. The Hall–Kier alpha value is -0.870. The summed E-state index contributed by atoms with van der Waals surface area (Å²) in [6.07, 6.45) is 2.73. The molecule has 0 amide bonds. The number of nitrogens with one attached hydrogen (secondary N) is 2. The molecule has 14 heavy (non-hydrogen) atoms. The van der Waals surface area contributed by atoms with E-state index in [9.17, 15) is 0 Å². The van der Waals surface area contributed by atoms with Crippen molar-refractivity contribution in [2.75, 3.05) is 13.1 Å². The zero-order valence-electron chi connectivity index (χ0n) is 8.92. The average molecular weight is 197 g/mol. The number of hydrogen-bond donors (Lipinski definition) is 2. The minimum atomic E-state index is 0.575. The molecule has 0 bridgehead atoms. The molecule has 0 saturated heterocycles. The molecule has 0 saturated carbocycles. The summed E-state index contributed by atoms with van der Waals surface area (Å²) in [5, 5.41) is 10.5. The van der Waals surface area contributed by atoms with E-state index in [1.165, 1.54) is 0 Å². The Balaban J connectivity index is 1.90. The van der Waals surface area contributed by atoms with Gasteiger partial charge in [-0.05, 0) is 19.5 Å². The lowest BCUT2D eigenvalue weighted by Gasteiger charge is -2.07. The molecule has 0 aliphatic carbocycles. The lowest BCUT2D eigenvalue weighted by atomic mass is 10.3. The quantitative estimate of drug-likeness (QED) is 0.644. The number of rotatable bonds is 7. The lowest BCUT2D eigenvalue weighted by Crippen LogP contribution is -2.26. The van der Waals surface area contributed by atoms with Gasteiger partial charge in [-0.1, -0.05) is 19.0 Å². The third kappa shape index (κ3) is 4.99. The van der Waals surface area contributed by atoms with Crippen LogP contribution >= 0.6 is 0 Å². The third-order valence-electron chi connectivity index (χ3n) is 1.88. The van der Waals surface area contributed by atoms with Crippen LogP contribution in [0.15, 0.2) is 16.9 Å². The van der Waals surface area contributed by atoms with Gasteiger partial charge >= 0.3 is 0 Å². The highest BCUT2D eigenvalue weighted by molar-refractivity contribution is 4.93. The standard InChI is InChI=1S/C10H19N3O/c1-9(2)12-6-3-5-11-8-10-4-7-14-13-10/h4,7,9,11-12H,3,5-6,8H2,1-2H3. The molecule has 0 aliphatic heterocycles. The van der Waals surface area contributed by atoms with Crippen LogP contribution in [0.5, 0.6) is 0 Å². The van der Waals surface area contributed by atoms with Gasteiger partial charge in [0.05, 0.1) is 5.69 Å². The molecule has 1 rings (SSSR count). The van der Waals surface area contributed by atoms with Gasteiger partial charge in [-0.15, -0.1) is 0 Å². The van der Waals surface area contributed by atoms with E-state index < -0.39 is 0 Å². The maximum atomic E-state index is 4.72. The second kappa shape index (κ2) is 6.56. The monoisotopic (exact) mass is 197 g/mol. The van der Waals surface area contributed by atoms with Gasteiger partial charge in [-0.25, -0.2) is 0 Å². The van der Waals surface area contributed by atoms with Crippen LogP contribution in [0.4, 0.5) is 0 Å². The van der Waals surface area contributed by atoms with Crippen LogP contribution in [-0.2, 0) is 6.54 Å². The van der Waals surface area contributed by atoms with Crippen molar-refractivity contribution in [1.29, 1.82) is 0 Å². The van der Waals surface area contributed by atoms with E-state index in [-0.39, 0.29) is 0 Å². The van der Waals surface area contributed by atoms with Crippen LogP contribution in [0.3, 0.4) is 0 Å². The lowest BCUT2D eigenvalue weighted by molar-refractivity contribution is 0.408. The first-order valence-corrected chi connectivity index (χ1v) is 5.12. The van der Waals surface area contributed by atoms with E-state index >= 15 is 0 Å². The minimum absolute atomic E-state index is 0.575. The fourth-order valence-electron chi connectivity index (χ4n) is 1.15. The zero-order chi connectivity index (χ0) is 10.2. The molecule has 1 heterocycles. The second-order valence-electron chi connectivity index (χ2n) is 3.63. The van der Waals surface area contributed by atoms with Crippen molar-refractivity contribution in [1.82, 2.24) is 15.8 Å². The van der Waals surface area contributed by atoms with Crippen LogP contribution in [0.1, 0.15) is 26.0 Å². The summed E-state index contributed by atoms with van der Waals surface area (Å²) in [6, 6.07) is 2.45. The fourth-order valence-corrected chi connectivity index (χ4v) is 1.15. The van der Waals surface area contributed by atoms with Crippen molar-refractivity contribution in [3.63, 3.8) is 0 Å². The Morgan fingerprint density at radius 2 is 2.29 bits per heavy atom. The molecule has 4 nitrogen and oxygen atoms in total. The van der Waals surface area contributed by atoms with Gasteiger partial charge < -0.3 is 15.2 Å². The highest BCUT2D eigenvalue weighted by atomic mass is 16.5. The third-order valence-corrected chi connectivity index (χ3v) is 1.88. The van der Waals surface area contributed by atoms with Gasteiger partial charge in [0.1, 0.15) is 6.26 Å². The molecule has 2 N–H and O–H groups in total. The molecule has 1 aromatic rings. The molecule has 0 fully saturated rings. The molecule has 0 spiro atoms. The molecular weight excluding hydrogens is 178 g/mol. The Morgan fingerprint density at radius 1 is 1.43 bits per heavy atom. The maximum Gasteiger partial charge on any atom is 0.124 e. The van der Waals surface area contributed by atoms with Gasteiger partial charge in [-0.3, -0.25) is 0 Å². The van der Waals surface area contributed by atoms with Crippen molar-refractivity contribution in [3.05, 3.63) is 18.0 Å². The van der Waals surface area contributed by atoms with Crippen molar-refractivity contribution < 1.29 is 4.52 Å². The predicted octanol–water partition coefficient (Wildman–Crippen LogP) is 1.15. The topological polar surface area (TPSA) is 50.1 Å². The average Bonchev–Trinajstić information content (AvgIpc) is 2.63. The summed E-state index contributed by atoms with van der Waals surface area (Å²) in [4.78, 5) is 0. The Labute approximate surface area is 85.1 Å². The molecular formula is C10H19N3O. The normalized spacial score (nSPS) is 11.1. The first-order chi connectivity index (χ1) is 6.79. The van der Waals surface area contributed by atoms with Crippen molar-refractivity contribution >= 4 is 0 Å². The smallest absolute Gasteiger partial charge is 0.124 e. The van der Waals surface area contributed by atoms with Gasteiger partial charge in [0, 0.05) is 18.7 Å². The largest absolute Gasteiger partial charge is 0.364 e. The Morgan fingerprint density at radius 3 is 2.93 bits per heavy atom. The maximum absolute atomic E-state index is 4.72. The van der Waals surface area contributed by atoms with Crippen LogP contribution in [0.2, 0.25) is 0 Å². The van der Waals surface area contributed by atoms with Crippen LogP contribution in [0.25, 0.3) is 0 Å². The molecule has 4 heteroatoms. The summed E-state index contributed by atoms with van der Waals surface area (Å²) in [7, 11) is 0. The zero-order valence-corrected chi connectivity index (χ0v) is 8.92. The summed E-state index contributed by atoms with van der Waals surface area (Å²) in [5.41, 5.74) is 0.960. The molecule has 0 unspecified atom stereocenters. The van der Waals surface area contributed by atoms with E-state index in [1.807, 2.05) is 6.07 Å². The number of aromatic nitrogens is 1. The number of nitrogens with zero attached hydrogens (tertiary/aromatic N) is 1. The first-order valence-electron chi connectivity index (χ1n) is 5.12. The van der Waals surface area contributed by atoms with Crippen molar-refractivity contribution in [2.45, 2.75) is 32.9 Å². The summed E-state index contributed by atoms with van der Waals surface area (Å²) < 4.78 is 4.72. The minimum Gasteiger partial charge on any atom is -0.364 e. The first kappa shape index (κ1) is 11.2. The molecule has 0 aromatic carbocycles. The van der Waals surface area contributed by atoms with Gasteiger partial charge in [-0.2, -0.15) is 0 Å². The Bertz CT molecular complexity index is 221. The molecule has 1 aromatic heterocycles. The highest BCUT2D eigenvalue weighted by Crippen LogP contribution is 1.92. The van der Waals surface area contributed by atoms with Crippen LogP contribution in [0, 0.1) is 0 Å². The van der Waals surface area contributed by atoms with E-state index in [1.54, 1.807) is 6.26 Å². The number of hydrogen-bond acceptors (Lipinski definition) is 4. The van der Waals surface area contributed by atoms with Gasteiger partial charge in [0.15, 0.2) is 0 Å². The predicted molar refractivity (Wildman–Crippen MR) is 56.0 cm³/mol. The summed E-state index contributed by atoms with van der Waals surface area (Å²) in [6.45, 7) is 7.17. The summed E-state index contributed by atoms with van der Waals surface area (Å²) in [5.74, 6) is 0. The van der Waals surface area contributed by atoms with E-state index in [4.69, 9.17) is 4.52 Å². The van der Waals surface area contributed by atoms with Crippen molar-refractivity contribution in [2.24, 2.45) is 0 Å². The van der Waals surface area contributed by atoms with Crippen molar-refractivity contribution in [3.8, 4) is 0 Å². The molecule has 0 aliphatic rings. The second-order valence-corrected chi connectivity index (χ2v) is 3.63. The van der Waals surface area contributed by atoms with E-state index in [0.29, 0.717) is 6.04 Å². The molecule has 0 atom stereocenters. The van der Waals surface area contributed by atoms with Crippen LogP contribution in [-0.4, -0.2) is 24.3 Å². The van der Waals surface area contributed by atoms with Gasteiger partial charge in [0.25, 0.3) is 0 Å². The Kier molecular flexibility index (Phi) is 5.25. The van der Waals surface area contributed by atoms with Crippen LogP contribution < -0.4 is 10.6 Å². The SMILES string of the molecule is CC(C)NCCCNCc1ccon1. The fraction of sp³-hybridized carbons (Fsp3) is 0.700. The summed E-state index contributed by atoms with van der Waals surface area (Å²) >= 11 is 0. The van der Waals surface area contributed by atoms with E-state index in [0.717, 1.165) is 31.7 Å². The van der Waals surface area contributed by atoms with E-state index in [2.05, 4.69) is 29.6 Å². The molecule has 0 radical (unpaired) electrons. The van der Waals surface area contributed by atoms with Gasteiger partial charge in [0.2, 0.25) is 0 Å².